The van der Waals surface area contributed by atoms with Crippen LogP contribution < -0.4 is 5.32 Å². The maximum absolute atomic E-state index is 14.0. The zero-order chi connectivity index (χ0) is 32.6. The van der Waals surface area contributed by atoms with Gasteiger partial charge in [-0.2, -0.15) is 0 Å². The summed E-state index contributed by atoms with van der Waals surface area (Å²) in [5, 5.41) is 25.3. The molecule has 0 bridgehead atoms. The third-order valence-corrected chi connectivity index (χ3v) is 9.34. The third kappa shape index (κ3) is 12.8. The van der Waals surface area contributed by atoms with E-state index in [-0.39, 0.29) is 23.8 Å². The van der Waals surface area contributed by atoms with Gasteiger partial charge in [0.15, 0.2) is 0 Å². The van der Waals surface area contributed by atoms with Crippen LogP contribution in [0.3, 0.4) is 0 Å². The molecule has 1 aliphatic heterocycles. The summed E-state index contributed by atoms with van der Waals surface area (Å²) in [6, 6.07) is 9.21. The van der Waals surface area contributed by atoms with Gasteiger partial charge in [-0.15, -0.1) is 6.58 Å². The Morgan fingerprint density at radius 2 is 1.73 bits per heavy atom. The number of hydrogen-bond donors (Lipinski definition) is 3. The molecule has 3 N–H and O–H groups in total. The lowest BCUT2D eigenvalue weighted by Gasteiger charge is -2.36. The van der Waals surface area contributed by atoms with Gasteiger partial charge in [-0.1, -0.05) is 102 Å². The van der Waals surface area contributed by atoms with Crippen molar-refractivity contribution in [2.45, 2.75) is 141 Å². The van der Waals surface area contributed by atoms with Gasteiger partial charge in [-0.05, 0) is 49.5 Å². The molecule has 8 nitrogen and oxygen atoms in total. The van der Waals surface area contributed by atoms with Crippen LogP contribution in [0, 0.1) is 11.8 Å². The van der Waals surface area contributed by atoms with Crippen molar-refractivity contribution in [1.82, 2.24) is 10.2 Å². The van der Waals surface area contributed by atoms with Crippen molar-refractivity contribution < 1.29 is 29.3 Å². The van der Waals surface area contributed by atoms with Gasteiger partial charge in [0.2, 0.25) is 5.91 Å². The van der Waals surface area contributed by atoms with E-state index in [1.54, 1.807) is 6.08 Å². The fourth-order valence-corrected chi connectivity index (χ4v) is 6.75. The van der Waals surface area contributed by atoms with E-state index >= 15 is 0 Å². The first-order valence-electron chi connectivity index (χ1n) is 17.6. The number of ether oxygens (including phenoxy) is 2. The monoisotopic (exact) mass is 628 g/mol. The van der Waals surface area contributed by atoms with Gasteiger partial charge in [0, 0.05) is 19.5 Å². The van der Waals surface area contributed by atoms with Gasteiger partial charge >= 0.3 is 0 Å². The second kappa shape index (κ2) is 20.1. The van der Waals surface area contributed by atoms with Crippen molar-refractivity contribution in [3.05, 3.63) is 48.6 Å². The van der Waals surface area contributed by atoms with Crippen LogP contribution in [0.4, 0.5) is 0 Å². The van der Waals surface area contributed by atoms with Crippen LogP contribution in [-0.2, 0) is 25.5 Å². The molecule has 45 heavy (non-hydrogen) atoms. The number of rotatable bonds is 19. The average molecular weight is 629 g/mol. The van der Waals surface area contributed by atoms with Gasteiger partial charge in [-0.25, -0.2) is 0 Å². The number of likely N-dealkylation sites (tertiary alicyclic amines) is 1. The number of piperidine rings is 1. The van der Waals surface area contributed by atoms with Crippen LogP contribution in [0.5, 0.6) is 0 Å². The molecule has 2 fully saturated rings. The van der Waals surface area contributed by atoms with E-state index in [1.807, 2.05) is 49.1 Å². The largest absolute Gasteiger partial charge is 0.390 e. The molecule has 0 aromatic heterocycles. The zero-order valence-corrected chi connectivity index (χ0v) is 28.1. The summed E-state index contributed by atoms with van der Waals surface area (Å²) in [5.74, 6) is 0.180. The molecule has 1 aromatic carbocycles. The first kappa shape index (κ1) is 37.2. The Morgan fingerprint density at radius 3 is 2.36 bits per heavy atom. The molecule has 0 spiro atoms. The lowest BCUT2D eigenvalue weighted by molar-refractivity contribution is -0.156. The number of carbonyl (C=O) groups is 2. The number of amides is 2. The number of carbonyl (C=O) groups excluding carboxylic acids is 2. The fourth-order valence-electron chi connectivity index (χ4n) is 6.75. The summed E-state index contributed by atoms with van der Waals surface area (Å²) >= 11 is 0. The number of aliphatic hydroxyl groups excluding tert-OH is 2. The number of benzene rings is 1. The lowest BCUT2D eigenvalue weighted by atomic mass is 9.82. The molecule has 5 atom stereocenters. The molecule has 1 aromatic rings. The highest BCUT2D eigenvalue weighted by Gasteiger charge is 2.36. The Hall–Kier alpha value is -2.26. The number of nitrogens with one attached hydrogen (secondary N) is 1. The molecule has 1 saturated heterocycles. The molecule has 1 heterocycles. The molecule has 0 unspecified atom stereocenters. The van der Waals surface area contributed by atoms with Crippen LogP contribution in [-0.4, -0.2) is 83.2 Å². The Balaban J connectivity index is 1.78. The summed E-state index contributed by atoms with van der Waals surface area (Å²) in [7, 11) is 0. The number of nitrogens with zero attached hydrogens (tertiary/aromatic N) is 1. The van der Waals surface area contributed by atoms with Crippen LogP contribution >= 0.6 is 0 Å². The van der Waals surface area contributed by atoms with E-state index < -0.39 is 30.5 Å². The molecular weight excluding hydrogens is 568 g/mol. The van der Waals surface area contributed by atoms with Crippen LogP contribution in [0.15, 0.2) is 43.0 Å². The fraction of sp³-hybridized carbons (Fsp3) is 0.730. The number of aliphatic hydroxyl groups is 2. The molecule has 1 aliphatic carbocycles. The topological polar surface area (TPSA) is 108 Å². The first-order chi connectivity index (χ1) is 21.7. The van der Waals surface area contributed by atoms with E-state index in [1.165, 1.54) is 6.42 Å². The Bertz CT molecular complexity index is 990. The van der Waals surface area contributed by atoms with Crippen LogP contribution in [0.1, 0.15) is 103 Å². The molecule has 0 radical (unpaired) electrons. The Labute approximate surface area is 271 Å². The highest BCUT2D eigenvalue weighted by atomic mass is 16.5. The van der Waals surface area contributed by atoms with Gasteiger partial charge in [0.25, 0.3) is 5.91 Å². The van der Waals surface area contributed by atoms with Crippen LogP contribution in [0.25, 0.3) is 0 Å². The predicted octanol–water partition coefficient (Wildman–Crippen LogP) is 5.59. The van der Waals surface area contributed by atoms with Gasteiger partial charge < -0.3 is 29.9 Å². The third-order valence-electron chi connectivity index (χ3n) is 9.34. The number of hydrogen-bond acceptors (Lipinski definition) is 6. The van der Waals surface area contributed by atoms with E-state index in [0.29, 0.717) is 51.3 Å². The summed E-state index contributed by atoms with van der Waals surface area (Å²) in [4.78, 5) is 29.8. The van der Waals surface area contributed by atoms with Crippen molar-refractivity contribution in [2.75, 3.05) is 19.7 Å². The van der Waals surface area contributed by atoms with Gasteiger partial charge in [0.05, 0.1) is 24.9 Å². The lowest BCUT2D eigenvalue weighted by Crippen LogP contribution is -2.54. The molecule has 8 heteroatoms. The molecule has 254 valence electrons. The second-order valence-corrected chi connectivity index (χ2v) is 13.6. The van der Waals surface area contributed by atoms with Crippen LogP contribution in [0.2, 0.25) is 0 Å². The van der Waals surface area contributed by atoms with Crippen molar-refractivity contribution in [1.29, 1.82) is 0 Å². The summed E-state index contributed by atoms with van der Waals surface area (Å²) in [6.45, 7) is 11.5. The van der Waals surface area contributed by atoms with Gasteiger partial charge in [-0.3, -0.25) is 9.59 Å². The normalized spacial score (nSPS) is 19.9. The minimum atomic E-state index is -1.07. The van der Waals surface area contributed by atoms with Gasteiger partial charge in [0.1, 0.15) is 18.3 Å². The molecular formula is C37H60N2O6. The van der Waals surface area contributed by atoms with E-state index in [4.69, 9.17) is 9.47 Å². The zero-order valence-electron chi connectivity index (χ0n) is 28.1. The minimum Gasteiger partial charge on any atom is -0.390 e. The standard InChI is InChI=1S/C37H60N2O6/c1-5-7-18-33(36(42)38-31(25-28-14-10-8-11-15-28)35(41)32(40)24-27(3)4)45-34(26-29-16-12-9-13-17-29)37(43)39-21-19-30(20-22-39)44-23-6-2/h6,9,12-13,16-17,27-28,30-35,40-41H,2,5,7-8,10-11,14-15,18-26H2,1,3-4H3,(H,38,42)/t31-,32-,33-,34-,35+/m0/s1. The number of unbranched alkanes of at least 4 members (excludes halogenated alkanes) is 1. The smallest absolute Gasteiger partial charge is 0.252 e. The van der Waals surface area contributed by atoms with E-state index in [0.717, 1.165) is 56.9 Å². The summed E-state index contributed by atoms with van der Waals surface area (Å²) < 4.78 is 12.4. The highest BCUT2D eigenvalue weighted by Crippen LogP contribution is 2.29. The quantitative estimate of drug-likeness (QED) is 0.173. The SMILES string of the molecule is C=CCOC1CCN(C(=O)[C@H](Cc2ccccc2)O[C@@H](CCCC)C(=O)N[C@@H](CC2CCCCC2)[C@@H](O)[C@@H](O)CC(C)C)CC1. The average Bonchev–Trinajstić information content (AvgIpc) is 3.05. The van der Waals surface area contributed by atoms with Crippen molar-refractivity contribution in [2.24, 2.45) is 11.8 Å². The molecule has 2 amide bonds. The Morgan fingerprint density at radius 1 is 1.04 bits per heavy atom. The minimum absolute atomic E-state index is 0.0993. The Kier molecular flexibility index (Phi) is 16.6. The maximum atomic E-state index is 14.0. The van der Waals surface area contributed by atoms with Crippen molar-refractivity contribution in [3.8, 4) is 0 Å². The van der Waals surface area contributed by atoms with E-state index in [9.17, 15) is 19.8 Å². The van der Waals surface area contributed by atoms with Crippen molar-refractivity contribution in [3.63, 3.8) is 0 Å². The van der Waals surface area contributed by atoms with Crippen molar-refractivity contribution >= 4 is 11.8 Å². The highest BCUT2D eigenvalue weighted by molar-refractivity contribution is 5.84. The predicted molar refractivity (Wildman–Crippen MR) is 179 cm³/mol. The molecule has 2 aliphatic rings. The maximum Gasteiger partial charge on any atom is 0.252 e. The summed E-state index contributed by atoms with van der Waals surface area (Å²) in [5.41, 5.74) is 0.970. The molecule has 3 rings (SSSR count). The second-order valence-electron chi connectivity index (χ2n) is 13.6. The summed E-state index contributed by atoms with van der Waals surface area (Å²) in [6.07, 6.45) is 8.88. The first-order valence-corrected chi connectivity index (χ1v) is 17.6. The van der Waals surface area contributed by atoms with E-state index in [2.05, 4.69) is 18.8 Å². The molecule has 1 saturated carbocycles.